The average molecular weight is 340 g/mol. The maximum atomic E-state index is 8.66. The van der Waals surface area contributed by atoms with Crippen molar-refractivity contribution in [3.63, 3.8) is 0 Å². The zero-order valence-electron chi connectivity index (χ0n) is 8.66. The molecular formula is C10H9BrCl2N2O2. The highest BCUT2D eigenvalue weighted by molar-refractivity contribution is 9.10. The molecule has 0 radical (unpaired) electrons. The number of benzene rings is 1. The molecule has 0 atom stereocenters. The second kappa shape index (κ2) is 5.54. The SMILES string of the molecule is OCCOCn1c(Br)nc2c(Cl)c(Cl)ccc21. The minimum absolute atomic E-state index is 0.0170. The predicted molar refractivity (Wildman–Crippen MR) is 70.5 cm³/mol. The van der Waals surface area contributed by atoms with Crippen LogP contribution < -0.4 is 0 Å². The third-order valence-corrected chi connectivity index (χ3v) is 3.62. The van der Waals surface area contributed by atoms with Gasteiger partial charge < -0.3 is 9.84 Å². The van der Waals surface area contributed by atoms with Gasteiger partial charge in [0.25, 0.3) is 0 Å². The molecule has 1 N–H and O–H groups in total. The second-order valence-corrected chi connectivity index (χ2v) is 4.79. The number of aliphatic hydroxyl groups is 1. The van der Waals surface area contributed by atoms with E-state index in [-0.39, 0.29) is 19.9 Å². The van der Waals surface area contributed by atoms with Crippen LogP contribution in [0.1, 0.15) is 0 Å². The molecule has 4 nitrogen and oxygen atoms in total. The zero-order chi connectivity index (χ0) is 12.4. The van der Waals surface area contributed by atoms with E-state index in [0.717, 1.165) is 5.52 Å². The Morgan fingerprint density at radius 3 is 2.88 bits per heavy atom. The summed E-state index contributed by atoms with van der Waals surface area (Å²) in [7, 11) is 0. The van der Waals surface area contributed by atoms with Crippen molar-refractivity contribution in [3.05, 3.63) is 26.9 Å². The number of hydrogen-bond acceptors (Lipinski definition) is 3. The quantitative estimate of drug-likeness (QED) is 0.871. The Morgan fingerprint density at radius 1 is 1.41 bits per heavy atom. The van der Waals surface area contributed by atoms with Gasteiger partial charge in [-0.15, -0.1) is 0 Å². The van der Waals surface area contributed by atoms with E-state index in [4.69, 9.17) is 33.0 Å². The Bertz CT molecular complexity index is 545. The van der Waals surface area contributed by atoms with Gasteiger partial charge in [0.1, 0.15) is 12.2 Å². The Hall–Kier alpha value is -0.330. The molecule has 2 aromatic rings. The lowest BCUT2D eigenvalue weighted by Crippen LogP contribution is -2.06. The summed E-state index contributed by atoms with van der Waals surface area (Å²) in [5.41, 5.74) is 1.45. The lowest BCUT2D eigenvalue weighted by atomic mass is 10.3. The van der Waals surface area contributed by atoms with Crippen LogP contribution in [0.5, 0.6) is 0 Å². The van der Waals surface area contributed by atoms with Crippen molar-refractivity contribution in [2.24, 2.45) is 0 Å². The first-order chi connectivity index (χ1) is 8.15. The van der Waals surface area contributed by atoms with Crippen LogP contribution in [-0.4, -0.2) is 27.9 Å². The molecule has 1 aromatic carbocycles. The Morgan fingerprint density at radius 2 is 2.18 bits per heavy atom. The number of nitrogens with zero attached hydrogens (tertiary/aromatic N) is 2. The number of halogens is 3. The van der Waals surface area contributed by atoms with Gasteiger partial charge in [-0.1, -0.05) is 23.2 Å². The molecule has 0 aliphatic heterocycles. The van der Waals surface area contributed by atoms with E-state index >= 15 is 0 Å². The fraction of sp³-hybridized carbons (Fsp3) is 0.300. The summed E-state index contributed by atoms with van der Waals surface area (Å²) in [5, 5.41) is 9.55. The summed E-state index contributed by atoms with van der Waals surface area (Å²) in [5.74, 6) is 0. The molecule has 7 heteroatoms. The molecule has 0 unspecified atom stereocenters. The van der Waals surface area contributed by atoms with E-state index in [9.17, 15) is 0 Å². The van der Waals surface area contributed by atoms with Gasteiger partial charge in [0.15, 0.2) is 4.73 Å². The van der Waals surface area contributed by atoms with E-state index in [0.29, 0.717) is 20.3 Å². The van der Waals surface area contributed by atoms with E-state index in [1.165, 1.54) is 0 Å². The third kappa shape index (κ3) is 2.58. The van der Waals surface area contributed by atoms with Crippen LogP contribution in [0.25, 0.3) is 11.0 Å². The monoisotopic (exact) mass is 338 g/mol. The average Bonchev–Trinajstić information content (AvgIpc) is 2.62. The maximum absolute atomic E-state index is 8.66. The van der Waals surface area contributed by atoms with E-state index in [1.807, 2.05) is 6.07 Å². The molecule has 17 heavy (non-hydrogen) atoms. The minimum Gasteiger partial charge on any atom is -0.394 e. The van der Waals surface area contributed by atoms with Crippen molar-refractivity contribution < 1.29 is 9.84 Å². The molecule has 2 rings (SSSR count). The van der Waals surface area contributed by atoms with Gasteiger partial charge in [-0.05, 0) is 28.1 Å². The van der Waals surface area contributed by atoms with Crippen molar-refractivity contribution in [2.75, 3.05) is 13.2 Å². The lowest BCUT2D eigenvalue weighted by Gasteiger charge is -2.06. The summed E-state index contributed by atoms with van der Waals surface area (Å²) in [6, 6.07) is 3.53. The van der Waals surface area contributed by atoms with Crippen molar-refractivity contribution in [1.29, 1.82) is 0 Å². The highest BCUT2D eigenvalue weighted by atomic mass is 79.9. The van der Waals surface area contributed by atoms with Gasteiger partial charge in [-0.2, -0.15) is 0 Å². The molecule has 0 fully saturated rings. The van der Waals surface area contributed by atoms with E-state index in [2.05, 4.69) is 20.9 Å². The molecule has 0 saturated carbocycles. The molecule has 0 aliphatic carbocycles. The number of aliphatic hydroxyl groups excluding tert-OH is 1. The molecule has 0 spiro atoms. The van der Waals surface area contributed by atoms with Gasteiger partial charge >= 0.3 is 0 Å². The van der Waals surface area contributed by atoms with Crippen molar-refractivity contribution in [2.45, 2.75) is 6.73 Å². The molecule has 92 valence electrons. The fourth-order valence-corrected chi connectivity index (χ4v) is 2.27. The number of rotatable bonds is 4. The smallest absolute Gasteiger partial charge is 0.180 e. The number of ether oxygens (including phenoxy) is 1. The normalized spacial score (nSPS) is 11.3. The van der Waals surface area contributed by atoms with Crippen LogP contribution in [0.3, 0.4) is 0 Å². The van der Waals surface area contributed by atoms with Crippen LogP contribution in [0.4, 0.5) is 0 Å². The molecule has 0 aliphatic rings. The van der Waals surface area contributed by atoms with E-state index in [1.54, 1.807) is 10.6 Å². The van der Waals surface area contributed by atoms with Crippen LogP contribution in [-0.2, 0) is 11.5 Å². The Labute approximate surface area is 116 Å². The highest BCUT2D eigenvalue weighted by Crippen LogP contribution is 2.32. The first-order valence-corrected chi connectivity index (χ1v) is 6.38. The number of imidazole rings is 1. The van der Waals surface area contributed by atoms with Crippen LogP contribution in [0, 0.1) is 0 Å². The second-order valence-electron chi connectivity index (χ2n) is 3.30. The van der Waals surface area contributed by atoms with E-state index < -0.39 is 0 Å². The van der Waals surface area contributed by atoms with Crippen LogP contribution in [0.15, 0.2) is 16.9 Å². The molecule has 0 amide bonds. The predicted octanol–water partition coefficient (Wildman–Crippen LogP) is 3.07. The van der Waals surface area contributed by atoms with Gasteiger partial charge in [-0.3, -0.25) is 4.57 Å². The third-order valence-electron chi connectivity index (χ3n) is 2.22. The summed E-state index contributed by atoms with van der Waals surface area (Å²) >= 11 is 15.3. The van der Waals surface area contributed by atoms with Gasteiger partial charge in [0, 0.05) is 0 Å². The first kappa shape index (κ1) is 13.1. The summed E-state index contributed by atoms with van der Waals surface area (Å²) in [4.78, 5) is 4.27. The Balaban J connectivity index is 2.42. The van der Waals surface area contributed by atoms with Crippen molar-refractivity contribution in [3.8, 4) is 0 Å². The molecule has 0 bridgehead atoms. The number of fused-ring (bicyclic) bond motifs is 1. The van der Waals surface area contributed by atoms with Crippen molar-refractivity contribution >= 4 is 50.2 Å². The molecule has 1 aromatic heterocycles. The van der Waals surface area contributed by atoms with Gasteiger partial charge in [0.05, 0.1) is 28.8 Å². The lowest BCUT2D eigenvalue weighted by molar-refractivity contribution is 0.0491. The standard InChI is InChI=1S/C10H9BrCl2N2O2/c11-10-14-9-7(2-1-6(12)8(9)13)15(10)5-17-4-3-16/h1-2,16H,3-5H2. The van der Waals surface area contributed by atoms with Gasteiger partial charge in [0.2, 0.25) is 0 Å². The number of hydrogen-bond donors (Lipinski definition) is 1. The molecular weight excluding hydrogens is 331 g/mol. The molecule has 1 heterocycles. The van der Waals surface area contributed by atoms with Crippen LogP contribution >= 0.6 is 39.1 Å². The zero-order valence-corrected chi connectivity index (χ0v) is 11.8. The maximum Gasteiger partial charge on any atom is 0.180 e. The molecule has 0 saturated heterocycles. The highest BCUT2D eigenvalue weighted by Gasteiger charge is 2.13. The summed E-state index contributed by atoms with van der Waals surface area (Å²) < 4.78 is 7.66. The van der Waals surface area contributed by atoms with Crippen molar-refractivity contribution in [1.82, 2.24) is 9.55 Å². The fourth-order valence-electron chi connectivity index (χ4n) is 1.45. The summed E-state index contributed by atoms with van der Waals surface area (Å²) in [6.07, 6.45) is 0. The topological polar surface area (TPSA) is 47.3 Å². The largest absolute Gasteiger partial charge is 0.394 e. The number of aromatic nitrogens is 2. The van der Waals surface area contributed by atoms with Crippen LogP contribution in [0.2, 0.25) is 10.0 Å². The minimum atomic E-state index is -0.0170. The van der Waals surface area contributed by atoms with Gasteiger partial charge in [-0.25, -0.2) is 4.98 Å². The summed E-state index contributed by atoms with van der Waals surface area (Å²) in [6.45, 7) is 0.542. The Kier molecular flexibility index (Phi) is 4.27. The first-order valence-electron chi connectivity index (χ1n) is 4.83.